The fourth-order valence-corrected chi connectivity index (χ4v) is 3.96. The second-order valence-corrected chi connectivity index (χ2v) is 8.72. The molecule has 1 N–H and O–H groups in total. The molecule has 2 atom stereocenters. The Kier molecular flexibility index (Phi) is 6.14. The predicted octanol–water partition coefficient (Wildman–Crippen LogP) is 4.30. The standard InChI is InChI=1S/C19H38N2/c1-6-11-20-18-9-10-19(4,5)12-17(18)14-21(15(2)3)13-16-7-8-16/h15-18,20H,6-14H2,1-5H3. The fourth-order valence-electron chi connectivity index (χ4n) is 3.96. The Morgan fingerprint density at radius 3 is 2.43 bits per heavy atom. The Balaban J connectivity index is 1.95. The highest BCUT2D eigenvalue weighted by Gasteiger charge is 2.36. The molecule has 0 amide bonds. The van der Waals surface area contributed by atoms with Crippen LogP contribution >= 0.6 is 0 Å². The highest BCUT2D eigenvalue weighted by Crippen LogP contribution is 2.40. The highest BCUT2D eigenvalue weighted by atomic mass is 15.2. The van der Waals surface area contributed by atoms with Gasteiger partial charge in [0, 0.05) is 25.2 Å². The van der Waals surface area contributed by atoms with Crippen molar-refractivity contribution in [3.63, 3.8) is 0 Å². The molecule has 0 radical (unpaired) electrons. The van der Waals surface area contributed by atoms with Crippen LogP contribution in [0.4, 0.5) is 0 Å². The molecule has 2 saturated carbocycles. The van der Waals surface area contributed by atoms with E-state index < -0.39 is 0 Å². The molecule has 0 aromatic carbocycles. The SMILES string of the molecule is CCCNC1CCC(C)(C)CC1CN(CC1CC1)C(C)C. The summed E-state index contributed by atoms with van der Waals surface area (Å²) in [7, 11) is 0. The van der Waals surface area contributed by atoms with E-state index in [0.29, 0.717) is 11.5 Å². The Hall–Kier alpha value is -0.0800. The molecule has 0 aromatic rings. The van der Waals surface area contributed by atoms with Crippen molar-refractivity contribution < 1.29 is 0 Å². The van der Waals surface area contributed by atoms with Crippen LogP contribution in [-0.4, -0.2) is 36.6 Å². The molecule has 2 rings (SSSR count). The van der Waals surface area contributed by atoms with Crippen molar-refractivity contribution in [3.8, 4) is 0 Å². The topological polar surface area (TPSA) is 15.3 Å². The zero-order chi connectivity index (χ0) is 15.5. The van der Waals surface area contributed by atoms with Gasteiger partial charge in [-0.3, -0.25) is 0 Å². The molecule has 2 nitrogen and oxygen atoms in total. The van der Waals surface area contributed by atoms with Crippen molar-refractivity contribution >= 4 is 0 Å². The van der Waals surface area contributed by atoms with E-state index in [1.165, 1.54) is 58.2 Å². The average molecular weight is 295 g/mol. The Morgan fingerprint density at radius 1 is 1.14 bits per heavy atom. The van der Waals surface area contributed by atoms with Crippen molar-refractivity contribution in [2.24, 2.45) is 17.3 Å². The molecule has 0 aromatic heterocycles. The quantitative estimate of drug-likeness (QED) is 0.718. The normalized spacial score (nSPS) is 29.3. The van der Waals surface area contributed by atoms with Crippen LogP contribution in [0.15, 0.2) is 0 Å². The minimum absolute atomic E-state index is 0.539. The van der Waals surface area contributed by atoms with Crippen molar-refractivity contribution in [2.75, 3.05) is 19.6 Å². The first-order valence-corrected chi connectivity index (χ1v) is 9.38. The van der Waals surface area contributed by atoms with Crippen molar-refractivity contribution in [1.29, 1.82) is 0 Å². The van der Waals surface area contributed by atoms with Gasteiger partial charge in [-0.1, -0.05) is 20.8 Å². The number of hydrogen-bond donors (Lipinski definition) is 1. The lowest BCUT2D eigenvalue weighted by Crippen LogP contribution is -2.49. The molecule has 2 fully saturated rings. The molecule has 21 heavy (non-hydrogen) atoms. The minimum atomic E-state index is 0.539. The lowest BCUT2D eigenvalue weighted by molar-refractivity contribution is 0.0852. The second kappa shape index (κ2) is 7.46. The number of nitrogens with zero attached hydrogens (tertiary/aromatic N) is 1. The summed E-state index contributed by atoms with van der Waals surface area (Å²) in [6.45, 7) is 15.8. The summed E-state index contributed by atoms with van der Waals surface area (Å²) in [5.74, 6) is 1.84. The van der Waals surface area contributed by atoms with Gasteiger partial charge >= 0.3 is 0 Å². The molecule has 124 valence electrons. The van der Waals surface area contributed by atoms with E-state index in [0.717, 1.165) is 17.9 Å². The summed E-state index contributed by atoms with van der Waals surface area (Å²) in [6, 6.07) is 1.45. The first-order chi connectivity index (χ1) is 9.91. The lowest BCUT2D eigenvalue weighted by Gasteiger charge is -2.44. The first-order valence-electron chi connectivity index (χ1n) is 9.38. The predicted molar refractivity (Wildman–Crippen MR) is 92.6 cm³/mol. The maximum absolute atomic E-state index is 3.85. The maximum atomic E-state index is 3.85. The molecule has 2 unspecified atom stereocenters. The molecule has 0 bridgehead atoms. The zero-order valence-corrected chi connectivity index (χ0v) is 15.1. The third kappa shape index (κ3) is 5.56. The van der Waals surface area contributed by atoms with Gasteiger partial charge in [0.1, 0.15) is 0 Å². The molecule has 0 spiro atoms. The van der Waals surface area contributed by atoms with Crippen LogP contribution in [0, 0.1) is 17.3 Å². The van der Waals surface area contributed by atoms with Crippen LogP contribution in [0.5, 0.6) is 0 Å². The summed E-state index contributed by atoms with van der Waals surface area (Å²) < 4.78 is 0. The van der Waals surface area contributed by atoms with Crippen molar-refractivity contribution in [2.45, 2.75) is 85.2 Å². The smallest absolute Gasteiger partial charge is 0.0108 e. The van der Waals surface area contributed by atoms with Gasteiger partial charge in [-0.15, -0.1) is 0 Å². The minimum Gasteiger partial charge on any atom is -0.314 e. The van der Waals surface area contributed by atoms with Crippen LogP contribution in [0.25, 0.3) is 0 Å². The van der Waals surface area contributed by atoms with Crippen LogP contribution in [0.3, 0.4) is 0 Å². The fraction of sp³-hybridized carbons (Fsp3) is 1.00. The summed E-state index contributed by atoms with van der Waals surface area (Å²) in [4.78, 5) is 2.77. The number of hydrogen-bond acceptors (Lipinski definition) is 2. The van der Waals surface area contributed by atoms with E-state index in [1.807, 2.05) is 0 Å². The van der Waals surface area contributed by atoms with E-state index in [1.54, 1.807) is 0 Å². The van der Waals surface area contributed by atoms with Crippen LogP contribution in [-0.2, 0) is 0 Å². The van der Waals surface area contributed by atoms with Gasteiger partial charge in [0.2, 0.25) is 0 Å². The van der Waals surface area contributed by atoms with Gasteiger partial charge < -0.3 is 10.2 Å². The van der Waals surface area contributed by atoms with Crippen molar-refractivity contribution in [3.05, 3.63) is 0 Å². The van der Waals surface area contributed by atoms with E-state index in [2.05, 4.69) is 44.8 Å². The third-order valence-corrected chi connectivity index (χ3v) is 5.56. The van der Waals surface area contributed by atoms with E-state index in [4.69, 9.17) is 0 Å². The second-order valence-electron chi connectivity index (χ2n) is 8.72. The summed E-state index contributed by atoms with van der Waals surface area (Å²) >= 11 is 0. The first kappa shape index (κ1) is 17.3. The highest BCUT2D eigenvalue weighted by molar-refractivity contribution is 4.91. The molecule has 2 aliphatic rings. The molecule has 0 saturated heterocycles. The number of rotatable bonds is 8. The van der Waals surface area contributed by atoms with Gasteiger partial charge in [-0.05, 0) is 76.2 Å². The van der Waals surface area contributed by atoms with E-state index in [-0.39, 0.29) is 0 Å². The lowest BCUT2D eigenvalue weighted by atomic mass is 9.69. The molecule has 0 aliphatic heterocycles. The summed E-state index contributed by atoms with van der Waals surface area (Å²) in [5.41, 5.74) is 0.539. The van der Waals surface area contributed by atoms with Gasteiger partial charge in [0.25, 0.3) is 0 Å². The van der Waals surface area contributed by atoms with Crippen molar-refractivity contribution in [1.82, 2.24) is 10.2 Å². The average Bonchev–Trinajstić information content (AvgIpc) is 3.20. The van der Waals surface area contributed by atoms with E-state index >= 15 is 0 Å². The molecule has 2 aliphatic carbocycles. The van der Waals surface area contributed by atoms with Crippen LogP contribution < -0.4 is 5.32 Å². The van der Waals surface area contributed by atoms with Gasteiger partial charge in [-0.25, -0.2) is 0 Å². The molecular formula is C19H38N2. The van der Waals surface area contributed by atoms with Gasteiger partial charge in [0.05, 0.1) is 0 Å². The summed E-state index contributed by atoms with van der Waals surface area (Å²) in [5, 5.41) is 3.85. The van der Waals surface area contributed by atoms with Crippen LogP contribution in [0.1, 0.15) is 73.1 Å². The zero-order valence-electron chi connectivity index (χ0n) is 15.1. The number of nitrogens with one attached hydrogen (secondary N) is 1. The van der Waals surface area contributed by atoms with Gasteiger partial charge in [-0.2, -0.15) is 0 Å². The Morgan fingerprint density at radius 2 is 1.86 bits per heavy atom. The molecule has 0 heterocycles. The third-order valence-electron chi connectivity index (χ3n) is 5.56. The monoisotopic (exact) mass is 294 g/mol. The van der Waals surface area contributed by atoms with Gasteiger partial charge in [0.15, 0.2) is 0 Å². The largest absolute Gasteiger partial charge is 0.314 e. The molecule has 2 heteroatoms. The van der Waals surface area contributed by atoms with E-state index in [9.17, 15) is 0 Å². The Labute approximate surface area is 133 Å². The maximum Gasteiger partial charge on any atom is 0.0108 e. The van der Waals surface area contributed by atoms with Crippen LogP contribution in [0.2, 0.25) is 0 Å². The summed E-state index contributed by atoms with van der Waals surface area (Å²) in [6.07, 6.45) is 8.33. The Bertz CT molecular complexity index is 307. The molecular weight excluding hydrogens is 256 g/mol.